The first kappa shape index (κ1) is 12.7. The lowest BCUT2D eigenvalue weighted by molar-refractivity contribution is 0.612. The normalized spacial score (nSPS) is 18.3. The van der Waals surface area contributed by atoms with E-state index in [4.69, 9.17) is 5.73 Å². The molecule has 0 saturated heterocycles. The Labute approximate surface area is 118 Å². The van der Waals surface area contributed by atoms with Crippen LogP contribution in [0.25, 0.3) is 0 Å². The van der Waals surface area contributed by atoms with Gasteiger partial charge >= 0.3 is 0 Å². The molecule has 0 saturated carbocycles. The lowest BCUT2D eigenvalue weighted by Crippen LogP contribution is -2.11. The van der Waals surface area contributed by atoms with Crippen LogP contribution in [0.1, 0.15) is 53.8 Å². The Morgan fingerprint density at radius 2 is 2.21 bits per heavy atom. The standard InChI is InChI=1S/C16H20N2S/c1-2-6-11-7-3-4-8-12(11)13-9-5-10-14-15(13)19-16(17)18-14/h3-4,7-8,13H,2,5-6,9-10H2,1H3,(H2,17,18). The topological polar surface area (TPSA) is 38.9 Å². The summed E-state index contributed by atoms with van der Waals surface area (Å²) in [7, 11) is 0. The summed E-state index contributed by atoms with van der Waals surface area (Å²) in [5.41, 5.74) is 10.1. The summed E-state index contributed by atoms with van der Waals surface area (Å²) < 4.78 is 0. The van der Waals surface area contributed by atoms with E-state index in [0.29, 0.717) is 5.92 Å². The number of rotatable bonds is 3. The minimum absolute atomic E-state index is 0.515. The lowest BCUT2D eigenvalue weighted by atomic mass is 9.83. The molecule has 1 aromatic carbocycles. The molecule has 0 amide bonds. The number of nitrogens with zero attached hydrogens (tertiary/aromatic N) is 1. The predicted molar refractivity (Wildman–Crippen MR) is 81.7 cm³/mol. The molecule has 2 nitrogen and oxygen atoms in total. The molecule has 3 heteroatoms. The van der Waals surface area contributed by atoms with Crippen LogP contribution >= 0.6 is 11.3 Å². The summed E-state index contributed by atoms with van der Waals surface area (Å²) in [4.78, 5) is 5.91. The van der Waals surface area contributed by atoms with Gasteiger partial charge in [0.25, 0.3) is 0 Å². The van der Waals surface area contributed by atoms with E-state index in [1.807, 2.05) is 0 Å². The van der Waals surface area contributed by atoms with Gasteiger partial charge in [-0.3, -0.25) is 0 Å². The smallest absolute Gasteiger partial charge is 0.180 e. The van der Waals surface area contributed by atoms with E-state index in [0.717, 1.165) is 18.0 Å². The summed E-state index contributed by atoms with van der Waals surface area (Å²) in [6.45, 7) is 2.24. The van der Waals surface area contributed by atoms with E-state index < -0.39 is 0 Å². The Morgan fingerprint density at radius 3 is 3.05 bits per heavy atom. The summed E-state index contributed by atoms with van der Waals surface area (Å²) in [5, 5.41) is 0.727. The van der Waals surface area contributed by atoms with Gasteiger partial charge in [0.2, 0.25) is 0 Å². The number of aryl methyl sites for hydroxylation is 2. The van der Waals surface area contributed by atoms with Crippen LogP contribution in [0.3, 0.4) is 0 Å². The van der Waals surface area contributed by atoms with Crippen LogP contribution in [0.5, 0.6) is 0 Å². The molecule has 3 rings (SSSR count). The Morgan fingerprint density at radius 1 is 1.37 bits per heavy atom. The summed E-state index contributed by atoms with van der Waals surface area (Å²) in [6, 6.07) is 8.88. The highest BCUT2D eigenvalue weighted by Gasteiger charge is 2.26. The van der Waals surface area contributed by atoms with Crippen molar-refractivity contribution in [1.82, 2.24) is 4.98 Å². The van der Waals surface area contributed by atoms with E-state index >= 15 is 0 Å². The van der Waals surface area contributed by atoms with Gasteiger partial charge in [0.1, 0.15) is 0 Å². The summed E-state index contributed by atoms with van der Waals surface area (Å²) in [6.07, 6.45) is 5.91. The first-order valence-corrected chi connectivity index (χ1v) is 7.94. The number of hydrogen-bond donors (Lipinski definition) is 1. The fourth-order valence-electron chi connectivity index (χ4n) is 3.11. The maximum atomic E-state index is 5.90. The maximum absolute atomic E-state index is 5.90. The number of hydrogen-bond acceptors (Lipinski definition) is 3. The highest BCUT2D eigenvalue weighted by molar-refractivity contribution is 7.15. The minimum atomic E-state index is 0.515. The molecule has 1 atom stereocenters. The molecule has 100 valence electrons. The van der Waals surface area contributed by atoms with Crippen molar-refractivity contribution in [3.63, 3.8) is 0 Å². The average molecular weight is 272 g/mol. The molecule has 0 fully saturated rings. The summed E-state index contributed by atoms with van der Waals surface area (Å²) >= 11 is 1.69. The van der Waals surface area contributed by atoms with Crippen molar-refractivity contribution < 1.29 is 0 Å². The molecule has 1 aromatic heterocycles. The molecule has 2 aromatic rings. The Bertz CT molecular complexity index is 574. The zero-order valence-electron chi connectivity index (χ0n) is 11.4. The molecule has 0 spiro atoms. The number of thiazole rings is 1. The van der Waals surface area contributed by atoms with E-state index in [1.165, 1.54) is 41.0 Å². The molecule has 0 bridgehead atoms. The molecule has 1 aliphatic rings. The zero-order valence-corrected chi connectivity index (χ0v) is 12.2. The number of anilines is 1. The molecular weight excluding hydrogens is 252 g/mol. The Hall–Kier alpha value is -1.35. The lowest BCUT2D eigenvalue weighted by Gasteiger charge is -2.24. The molecule has 1 aliphatic carbocycles. The predicted octanol–water partition coefficient (Wildman–Crippen LogP) is 4.15. The molecule has 1 heterocycles. The second-order valence-electron chi connectivity index (χ2n) is 5.26. The van der Waals surface area contributed by atoms with Crippen molar-refractivity contribution in [2.45, 2.75) is 44.9 Å². The average Bonchev–Trinajstić information content (AvgIpc) is 2.80. The number of benzene rings is 1. The Balaban J connectivity index is 2.03. The van der Waals surface area contributed by atoms with E-state index in [9.17, 15) is 0 Å². The van der Waals surface area contributed by atoms with E-state index in [-0.39, 0.29) is 0 Å². The fourth-order valence-corrected chi connectivity index (χ4v) is 4.14. The third-order valence-electron chi connectivity index (χ3n) is 3.92. The van der Waals surface area contributed by atoms with Gasteiger partial charge in [-0.2, -0.15) is 0 Å². The van der Waals surface area contributed by atoms with Gasteiger partial charge < -0.3 is 5.73 Å². The molecular formula is C16H20N2S. The fraction of sp³-hybridized carbons (Fsp3) is 0.438. The van der Waals surface area contributed by atoms with Crippen molar-refractivity contribution in [3.05, 3.63) is 46.0 Å². The summed E-state index contributed by atoms with van der Waals surface area (Å²) in [5.74, 6) is 0.515. The zero-order chi connectivity index (χ0) is 13.2. The number of nitrogens with two attached hydrogens (primary N) is 1. The maximum Gasteiger partial charge on any atom is 0.180 e. The Kier molecular flexibility index (Phi) is 3.56. The van der Waals surface area contributed by atoms with Crippen LogP contribution in [0.15, 0.2) is 24.3 Å². The van der Waals surface area contributed by atoms with Crippen LogP contribution < -0.4 is 5.73 Å². The monoisotopic (exact) mass is 272 g/mol. The quantitative estimate of drug-likeness (QED) is 0.911. The first-order chi connectivity index (χ1) is 9.29. The van der Waals surface area contributed by atoms with Crippen molar-refractivity contribution in [2.24, 2.45) is 0 Å². The molecule has 2 N–H and O–H groups in total. The molecule has 0 aliphatic heterocycles. The highest BCUT2D eigenvalue weighted by atomic mass is 32.1. The molecule has 1 unspecified atom stereocenters. The van der Waals surface area contributed by atoms with E-state index in [2.05, 4.69) is 36.2 Å². The number of fused-ring (bicyclic) bond motifs is 1. The van der Waals surface area contributed by atoms with Gasteiger partial charge in [0.05, 0.1) is 5.69 Å². The van der Waals surface area contributed by atoms with Gasteiger partial charge in [-0.05, 0) is 36.8 Å². The molecule has 0 radical (unpaired) electrons. The number of nitrogen functional groups attached to an aromatic ring is 1. The van der Waals surface area contributed by atoms with Crippen molar-refractivity contribution in [1.29, 1.82) is 0 Å². The third-order valence-corrected chi connectivity index (χ3v) is 4.96. The molecule has 19 heavy (non-hydrogen) atoms. The highest BCUT2D eigenvalue weighted by Crippen LogP contribution is 2.41. The second kappa shape index (κ2) is 5.33. The third kappa shape index (κ3) is 2.39. The van der Waals surface area contributed by atoms with Crippen LogP contribution in [0, 0.1) is 0 Å². The van der Waals surface area contributed by atoms with Gasteiger partial charge in [0.15, 0.2) is 5.13 Å². The van der Waals surface area contributed by atoms with Crippen molar-refractivity contribution in [2.75, 3.05) is 5.73 Å². The first-order valence-electron chi connectivity index (χ1n) is 7.12. The largest absolute Gasteiger partial charge is 0.375 e. The minimum Gasteiger partial charge on any atom is -0.375 e. The van der Waals surface area contributed by atoms with Gasteiger partial charge in [-0.25, -0.2) is 4.98 Å². The van der Waals surface area contributed by atoms with Crippen LogP contribution in [-0.4, -0.2) is 4.98 Å². The van der Waals surface area contributed by atoms with Gasteiger partial charge in [-0.1, -0.05) is 37.6 Å². The number of aromatic nitrogens is 1. The van der Waals surface area contributed by atoms with Gasteiger partial charge in [-0.15, -0.1) is 11.3 Å². The van der Waals surface area contributed by atoms with Crippen LogP contribution in [0.4, 0.5) is 5.13 Å². The SMILES string of the molecule is CCCc1ccccc1C1CCCc2nc(N)sc21. The van der Waals surface area contributed by atoms with Crippen LogP contribution in [0.2, 0.25) is 0 Å². The van der Waals surface area contributed by atoms with E-state index in [1.54, 1.807) is 11.3 Å². The van der Waals surface area contributed by atoms with Crippen molar-refractivity contribution in [3.8, 4) is 0 Å². The second-order valence-corrected chi connectivity index (χ2v) is 6.32. The van der Waals surface area contributed by atoms with Gasteiger partial charge in [0, 0.05) is 10.8 Å². The van der Waals surface area contributed by atoms with Crippen LogP contribution in [-0.2, 0) is 12.8 Å². The van der Waals surface area contributed by atoms with Crippen molar-refractivity contribution >= 4 is 16.5 Å².